The van der Waals surface area contributed by atoms with Crippen LogP contribution in [0.4, 0.5) is 0 Å². The molecule has 0 amide bonds. The van der Waals surface area contributed by atoms with Crippen molar-refractivity contribution in [3.8, 4) is 0 Å². The molecule has 17 heavy (non-hydrogen) atoms. The van der Waals surface area contributed by atoms with Crippen molar-refractivity contribution in [2.24, 2.45) is 5.92 Å². The van der Waals surface area contributed by atoms with E-state index >= 15 is 0 Å². The molecule has 0 heterocycles. The van der Waals surface area contributed by atoms with E-state index in [-0.39, 0.29) is 40.8 Å². The van der Waals surface area contributed by atoms with Crippen LogP contribution in [0.15, 0.2) is 0 Å². The maximum atomic E-state index is 11.4. The Morgan fingerprint density at radius 2 is 1.71 bits per heavy atom. The minimum Gasteiger partial charge on any atom is -0.311 e. The smallest absolute Gasteiger partial charge is 0.311 e. The molecule has 0 aliphatic heterocycles. The van der Waals surface area contributed by atoms with Crippen LogP contribution in [0.5, 0.6) is 0 Å². The van der Waals surface area contributed by atoms with E-state index in [0.29, 0.717) is 19.1 Å². The van der Waals surface area contributed by atoms with Gasteiger partial charge in [-0.2, -0.15) is 0 Å². The second kappa shape index (κ2) is 15.6. The van der Waals surface area contributed by atoms with Crippen molar-refractivity contribution >= 4 is 8.25 Å². The second-order valence-corrected chi connectivity index (χ2v) is 5.26. The van der Waals surface area contributed by atoms with Crippen LogP contribution >= 0.6 is 8.25 Å². The Labute approximate surface area is 140 Å². The molecule has 0 spiro atoms. The van der Waals surface area contributed by atoms with Crippen LogP contribution in [0, 0.1) is 46.8 Å². The van der Waals surface area contributed by atoms with Gasteiger partial charge in [0, 0.05) is 40.8 Å². The minimum absolute atomic E-state index is 0. The summed E-state index contributed by atoms with van der Waals surface area (Å²) in [6.07, 6.45) is 6.69. The average molecular weight is 395 g/mol. The zero-order valence-corrected chi connectivity index (χ0v) is 15.7. The van der Waals surface area contributed by atoms with Gasteiger partial charge in [0.25, 0.3) is 0 Å². The van der Waals surface area contributed by atoms with Gasteiger partial charge in [-0.3, -0.25) is 4.57 Å². The van der Waals surface area contributed by atoms with Crippen molar-refractivity contribution in [2.75, 3.05) is 13.2 Å². The van der Waals surface area contributed by atoms with Gasteiger partial charge >= 0.3 is 8.25 Å². The molecule has 0 aromatic carbocycles. The van der Waals surface area contributed by atoms with Crippen LogP contribution in [0.3, 0.4) is 0 Å². The zero-order chi connectivity index (χ0) is 12.2. The van der Waals surface area contributed by atoms with Crippen LogP contribution < -0.4 is 0 Å². The van der Waals surface area contributed by atoms with Crippen molar-refractivity contribution in [1.82, 2.24) is 0 Å². The normalized spacial score (nSPS) is 14.1. The van der Waals surface area contributed by atoms with Gasteiger partial charge in [-0.1, -0.05) is 46.5 Å². The van der Waals surface area contributed by atoms with E-state index in [9.17, 15) is 4.57 Å². The van der Waals surface area contributed by atoms with Crippen LogP contribution in [0.1, 0.15) is 59.3 Å². The van der Waals surface area contributed by atoms with E-state index in [1.165, 1.54) is 12.8 Å². The van der Waals surface area contributed by atoms with E-state index in [4.69, 9.17) is 9.05 Å². The van der Waals surface area contributed by atoms with Crippen LogP contribution in [0.2, 0.25) is 0 Å². The summed E-state index contributed by atoms with van der Waals surface area (Å²) in [4.78, 5) is 0. The fraction of sp³-hybridized carbons (Fsp3) is 1.00. The van der Waals surface area contributed by atoms with Crippen LogP contribution in [-0.2, 0) is 13.6 Å². The predicted molar refractivity (Wildman–Crippen MR) is 69.1 cm³/mol. The number of hydrogen-bond donors (Lipinski definition) is 0. The van der Waals surface area contributed by atoms with Crippen molar-refractivity contribution in [2.45, 2.75) is 59.3 Å². The molecule has 5 heteroatoms. The summed E-state index contributed by atoms with van der Waals surface area (Å²) in [6.45, 7) is 7.56. The SMILES string of the molecule is CCCCO[PH](=O)OCC(CC)CCCC.[Nd]. The molecular weight excluding hydrogens is 367 g/mol. The van der Waals surface area contributed by atoms with Crippen molar-refractivity contribution in [1.29, 1.82) is 0 Å². The summed E-state index contributed by atoms with van der Waals surface area (Å²) >= 11 is 0. The van der Waals surface area contributed by atoms with Crippen molar-refractivity contribution in [3.63, 3.8) is 0 Å². The Morgan fingerprint density at radius 3 is 2.24 bits per heavy atom. The maximum Gasteiger partial charge on any atom is 0.319 e. The van der Waals surface area contributed by atoms with Gasteiger partial charge in [-0.25, -0.2) is 0 Å². The summed E-state index contributed by atoms with van der Waals surface area (Å²) in [6, 6.07) is 0. The third-order valence-corrected chi connectivity index (χ3v) is 3.54. The molecule has 0 aromatic rings. The molecule has 2 unspecified atom stereocenters. The number of rotatable bonds is 11. The molecular formula is C12H27NdO3P. The molecule has 0 aliphatic carbocycles. The quantitative estimate of drug-likeness (QED) is 0.384. The van der Waals surface area contributed by atoms with Crippen LogP contribution in [0.25, 0.3) is 0 Å². The van der Waals surface area contributed by atoms with Gasteiger partial charge in [0.2, 0.25) is 0 Å². The summed E-state index contributed by atoms with van der Waals surface area (Å²) in [5, 5.41) is 0. The Bertz CT molecular complexity index is 179. The summed E-state index contributed by atoms with van der Waals surface area (Å²) in [7, 11) is -2.24. The Morgan fingerprint density at radius 1 is 1.06 bits per heavy atom. The molecule has 102 valence electrons. The average Bonchev–Trinajstić information content (AvgIpc) is 2.30. The van der Waals surface area contributed by atoms with Crippen LogP contribution in [-0.4, -0.2) is 13.2 Å². The molecule has 0 aliphatic rings. The van der Waals surface area contributed by atoms with Gasteiger partial charge in [0.05, 0.1) is 13.2 Å². The Balaban J connectivity index is 0. The fourth-order valence-electron chi connectivity index (χ4n) is 1.43. The molecule has 0 rings (SSSR count). The molecule has 0 fully saturated rings. The van der Waals surface area contributed by atoms with Crippen molar-refractivity contribution < 1.29 is 54.5 Å². The molecule has 0 N–H and O–H groups in total. The topological polar surface area (TPSA) is 35.5 Å². The fourth-order valence-corrected chi connectivity index (χ4v) is 2.19. The zero-order valence-electron chi connectivity index (χ0n) is 11.5. The predicted octanol–water partition coefficient (Wildman–Crippen LogP) is 4.43. The molecule has 0 radical (unpaired) electrons. The first kappa shape index (κ1) is 20.8. The van der Waals surface area contributed by atoms with Gasteiger partial charge in [0.15, 0.2) is 0 Å². The molecule has 2 atom stereocenters. The van der Waals surface area contributed by atoms with E-state index in [1.54, 1.807) is 0 Å². The summed E-state index contributed by atoms with van der Waals surface area (Å²) in [5.41, 5.74) is 0. The Hall–Kier alpha value is 1.50. The molecule has 0 aromatic heterocycles. The number of hydrogen-bond acceptors (Lipinski definition) is 3. The van der Waals surface area contributed by atoms with E-state index in [1.807, 2.05) is 0 Å². The van der Waals surface area contributed by atoms with Crippen molar-refractivity contribution in [3.05, 3.63) is 0 Å². The summed E-state index contributed by atoms with van der Waals surface area (Å²) in [5.74, 6) is 0.531. The van der Waals surface area contributed by atoms with E-state index in [0.717, 1.165) is 25.7 Å². The van der Waals surface area contributed by atoms with Gasteiger partial charge in [0.1, 0.15) is 0 Å². The largest absolute Gasteiger partial charge is 0.319 e. The molecule has 3 nitrogen and oxygen atoms in total. The standard InChI is InChI=1S/C12H27O3P.Nd/c1-4-7-9-12(6-3)11-15-16(13)14-10-8-5-2;/h12,16H,4-11H2,1-3H3;. The molecule has 0 saturated carbocycles. The number of unbranched alkanes of at least 4 members (excludes halogenated alkanes) is 2. The molecule has 0 saturated heterocycles. The monoisotopic (exact) mass is 392 g/mol. The van der Waals surface area contributed by atoms with Gasteiger partial charge in [-0.15, -0.1) is 0 Å². The van der Waals surface area contributed by atoms with Gasteiger partial charge < -0.3 is 9.05 Å². The minimum atomic E-state index is -2.24. The second-order valence-electron chi connectivity index (χ2n) is 4.18. The third kappa shape index (κ3) is 13.7. The third-order valence-electron chi connectivity index (χ3n) is 2.70. The maximum absolute atomic E-state index is 11.4. The first-order valence-corrected chi connectivity index (χ1v) is 7.76. The molecule has 0 bridgehead atoms. The Kier molecular flexibility index (Phi) is 19.0. The first-order valence-electron chi connectivity index (χ1n) is 6.54. The van der Waals surface area contributed by atoms with E-state index < -0.39 is 8.25 Å². The first-order chi connectivity index (χ1) is 7.74. The van der Waals surface area contributed by atoms with E-state index in [2.05, 4.69) is 20.8 Å². The van der Waals surface area contributed by atoms with Gasteiger partial charge in [-0.05, 0) is 18.8 Å². The summed E-state index contributed by atoms with van der Waals surface area (Å²) < 4.78 is 21.7.